The molecule has 0 radical (unpaired) electrons. The average Bonchev–Trinajstić information content (AvgIpc) is 2.83. The van der Waals surface area contributed by atoms with E-state index in [0.717, 1.165) is 41.9 Å². The second-order valence-corrected chi connectivity index (χ2v) is 9.51. The van der Waals surface area contributed by atoms with Gasteiger partial charge in [0.05, 0.1) is 0 Å². The molecule has 0 spiro atoms. The summed E-state index contributed by atoms with van der Waals surface area (Å²) in [5, 5.41) is 0. The third kappa shape index (κ3) is 5.34. The topological polar surface area (TPSA) is 0 Å². The van der Waals surface area contributed by atoms with Crippen molar-refractivity contribution in [3.05, 3.63) is 89.3 Å². The number of alkyl halides is 2. The quantitative estimate of drug-likeness (QED) is 0.385. The number of hydrogen-bond acceptors (Lipinski definition) is 0. The van der Waals surface area contributed by atoms with Gasteiger partial charge in [-0.05, 0) is 104 Å². The van der Waals surface area contributed by atoms with E-state index in [0.29, 0.717) is 22.6 Å². The Kier molecular flexibility index (Phi) is 7.57. The minimum Gasteiger partial charge on any atom is -0.239 e. The highest BCUT2D eigenvalue weighted by molar-refractivity contribution is 5.75. The zero-order valence-corrected chi connectivity index (χ0v) is 19.5. The van der Waals surface area contributed by atoms with Crippen molar-refractivity contribution in [2.24, 2.45) is 5.92 Å². The Hall–Kier alpha value is -2.55. The van der Waals surface area contributed by atoms with Crippen LogP contribution in [0.15, 0.2) is 72.3 Å². The molecule has 0 N–H and O–H groups in total. The summed E-state index contributed by atoms with van der Waals surface area (Å²) in [5.74, 6) is 0.909. The molecule has 0 nitrogen and oxygen atoms in total. The fraction of sp³-hybridized carbons (Fsp3) is 0.400. The van der Waals surface area contributed by atoms with Crippen LogP contribution >= 0.6 is 0 Å². The van der Waals surface area contributed by atoms with Gasteiger partial charge in [-0.3, -0.25) is 0 Å². The zero-order chi connectivity index (χ0) is 23.4. The van der Waals surface area contributed by atoms with Crippen LogP contribution < -0.4 is 0 Å². The van der Waals surface area contributed by atoms with E-state index in [2.05, 4.69) is 19.1 Å². The molecule has 0 bridgehead atoms. The minimum atomic E-state index is -1.66. The van der Waals surface area contributed by atoms with Gasteiger partial charge in [0.1, 0.15) is 5.82 Å². The molecule has 1 saturated carbocycles. The van der Waals surface area contributed by atoms with Crippen LogP contribution in [0.2, 0.25) is 0 Å². The maximum absolute atomic E-state index is 15.1. The molecule has 174 valence electrons. The van der Waals surface area contributed by atoms with Crippen molar-refractivity contribution >= 4 is 5.57 Å². The molecule has 2 aliphatic rings. The first-order chi connectivity index (χ1) is 16.0. The van der Waals surface area contributed by atoms with E-state index < -0.39 is 12.3 Å². The lowest BCUT2D eigenvalue weighted by Crippen LogP contribution is -2.22. The van der Waals surface area contributed by atoms with Crippen LogP contribution in [0, 0.1) is 11.7 Å². The molecule has 2 aliphatic carbocycles. The first-order valence-corrected chi connectivity index (χ1v) is 12.2. The fourth-order valence-corrected chi connectivity index (χ4v) is 5.20. The Balaban J connectivity index is 1.43. The van der Waals surface area contributed by atoms with Crippen LogP contribution in [-0.2, 0) is 0 Å². The van der Waals surface area contributed by atoms with Gasteiger partial charge in [0.15, 0.2) is 12.3 Å². The number of halogens is 3. The highest BCUT2D eigenvalue weighted by atomic mass is 19.2. The smallest absolute Gasteiger partial charge is 0.161 e. The van der Waals surface area contributed by atoms with E-state index in [4.69, 9.17) is 0 Å². The molecule has 33 heavy (non-hydrogen) atoms. The van der Waals surface area contributed by atoms with Crippen LogP contribution in [0.3, 0.4) is 0 Å². The van der Waals surface area contributed by atoms with E-state index in [1.807, 2.05) is 24.3 Å². The molecule has 0 aromatic heterocycles. The average molecular weight is 451 g/mol. The summed E-state index contributed by atoms with van der Waals surface area (Å²) in [4.78, 5) is 0. The molecular weight excluding hydrogens is 417 g/mol. The van der Waals surface area contributed by atoms with Crippen molar-refractivity contribution in [3.8, 4) is 11.1 Å². The van der Waals surface area contributed by atoms with Crippen molar-refractivity contribution in [3.63, 3.8) is 0 Å². The second kappa shape index (κ2) is 10.6. The van der Waals surface area contributed by atoms with Crippen LogP contribution in [0.5, 0.6) is 0 Å². The predicted octanol–water partition coefficient (Wildman–Crippen LogP) is 9.14. The number of allylic oxidation sites excluding steroid dienone is 6. The largest absolute Gasteiger partial charge is 0.239 e. The molecule has 1 fully saturated rings. The van der Waals surface area contributed by atoms with Crippen LogP contribution in [0.4, 0.5) is 13.2 Å². The normalized spacial score (nSPS) is 25.7. The van der Waals surface area contributed by atoms with E-state index in [-0.39, 0.29) is 5.82 Å². The van der Waals surface area contributed by atoms with Crippen molar-refractivity contribution in [1.82, 2.24) is 0 Å². The second-order valence-electron chi connectivity index (χ2n) is 9.51. The van der Waals surface area contributed by atoms with Gasteiger partial charge in [0.2, 0.25) is 0 Å². The van der Waals surface area contributed by atoms with Gasteiger partial charge in [-0.25, -0.2) is 13.2 Å². The Morgan fingerprint density at radius 2 is 1.52 bits per heavy atom. The summed E-state index contributed by atoms with van der Waals surface area (Å²) in [6.45, 7) is 3.66. The minimum absolute atomic E-state index is 0.145. The molecule has 2 aromatic rings. The van der Waals surface area contributed by atoms with Crippen LogP contribution in [0.1, 0.15) is 69.4 Å². The van der Waals surface area contributed by atoms with Crippen molar-refractivity contribution in [1.29, 1.82) is 0 Å². The number of benzene rings is 2. The Morgan fingerprint density at radius 3 is 2.18 bits per heavy atom. The molecule has 3 heteroatoms. The highest BCUT2D eigenvalue weighted by Gasteiger charge is 2.29. The summed E-state index contributed by atoms with van der Waals surface area (Å²) in [5.41, 5.74) is 3.90. The third-order valence-corrected chi connectivity index (χ3v) is 7.33. The summed E-state index contributed by atoms with van der Waals surface area (Å²) in [7, 11) is 0. The van der Waals surface area contributed by atoms with Gasteiger partial charge < -0.3 is 0 Å². The monoisotopic (exact) mass is 450 g/mol. The molecule has 0 saturated heterocycles. The van der Waals surface area contributed by atoms with Gasteiger partial charge in [0, 0.05) is 0 Å². The zero-order valence-electron chi connectivity index (χ0n) is 19.5. The van der Waals surface area contributed by atoms with Crippen LogP contribution in [0.25, 0.3) is 16.7 Å². The molecular formula is C30H33F3. The molecule has 2 unspecified atom stereocenters. The molecule has 4 rings (SSSR count). The van der Waals surface area contributed by atoms with E-state index in [1.165, 1.54) is 19.3 Å². The lowest BCUT2D eigenvalue weighted by atomic mass is 9.77. The Bertz CT molecular complexity index is 1040. The fourth-order valence-electron chi connectivity index (χ4n) is 5.20. The van der Waals surface area contributed by atoms with E-state index in [1.54, 1.807) is 37.3 Å². The number of rotatable bonds is 6. The summed E-state index contributed by atoms with van der Waals surface area (Å²) in [6, 6.07) is 12.8. The predicted molar refractivity (Wildman–Crippen MR) is 132 cm³/mol. The standard InChI is InChI=1S/C30H33F3/c1-3-4-5-6-21-8-10-23(11-9-21)26-18-16-25(19-28(26)31)22-12-14-24(15-13-22)27-17-7-20(2)29(32)30(27)33/h3-4,7,12-19,21,23,29-30H,5-6,8-11H2,1-2H3/b4-3+. The Morgan fingerprint density at radius 1 is 0.848 bits per heavy atom. The number of hydrogen-bond donors (Lipinski definition) is 0. The van der Waals surface area contributed by atoms with E-state index >= 15 is 4.39 Å². The van der Waals surface area contributed by atoms with Gasteiger partial charge in [-0.2, -0.15) is 0 Å². The van der Waals surface area contributed by atoms with Gasteiger partial charge in [-0.1, -0.05) is 60.7 Å². The lowest BCUT2D eigenvalue weighted by Gasteiger charge is -2.29. The first-order valence-electron chi connectivity index (χ1n) is 12.2. The summed E-state index contributed by atoms with van der Waals surface area (Å²) >= 11 is 0. The van der Waals surface area contributed by atoms with Gasteiger partial charge in [0.25, 0.3) is 0 Å². The van der Waals surface area contributed by atoms with Crippen molar-refractivity contribution in [2.45, 2.75) is 70.6 Å². The SMILES string of the molecule is C/C=C/CCC1CCC(c2ccc(-c3ccc(C4=CC=C(C)C(F)C4F)cc3)cc2F)CC1. The molecule has 0 amide bonds. The highest BCUT2D eigenvalue weighted by Crippen LogP contribution is 2.39. The lowest BCUT2D eigenvalue weighted by molar-refractivity contribution is 0.242. The Labute approximate surface area is 195 Å². The maximum atomic E-state index is 15.1. The maximum Gasteiger partial charge on any atom is 0.161 e. The van der Waals surface area contributed by atoms with Gasteiger partial charge >= 0.3 is 0 Å². The molecule has 0 heterocycles. The third-order valence-electron chi connectivity index (χ3n) is 7.33. The summed E-state index contributed by atoms with van der Waals surface area (Å²) in [6.07, 6.45) is 11.2. The first kappa shape index (κ1) is 23.6. The molecule has 0 aliphatic heterocycles. The summed E-state index contributed by atoms with van der Waals surface area (Å²) < 4.78 is 43.5. The van der Waals surface area contributed by atoms with Crippen molar-refractivity contribution < 1.29 is 13.2 Å². The van der Waals surface area contributed by atoms with Crippen LogP contribution in [-0.4, -0.2) is 12.3 Å². The molecule has 2 atom stereocenters. The van der Waals surface area contributed by atoms with Gasteiger partial charge in [-0.15, -0.1) is 0 Å². The van der Waals surface area contributed by atoms with Crippen molar-refractivity contribution in [2.75, 3.05) is 0 Å². The van der Waals surface area contributed by atoms with E-state index in [9.17, 15) is 8.78 Å². The molecule has 2 aromatic carbocycles.